The highest BCUT2D eigenvalue weighted by Gasteiger charge is 2.07. The average molecular weight is 370 g/mol. The van der Waals surface area contributed by atoms with Gasteiger partial charge in [-0.3, -0.25) is 4.79 Å². The molecule has 0 saturated heterocycles. The van der Waals surface area contributed by atoms with Crippen LogP contribution in [0.1, 0.15) is 16.8 Å². The maximum atomic E-state index is 11.8. The molecule has 1 aromatic carbocycles. The molecule has 0 radical (unpaired) electrons. The smallest absolute Gasteiger partial charge is 0.251 e. The normalized spacial score (nSPS) is 11.3. The lowest BCUT2D eigenvalue weighted by Gasteiger charge is -2.06. The number of hydrogen-bond acceptors (Lipinski definition) is 3. The predicted octanol–water partition coefficient (Wildman–Crippen LogP) is 1.77. The number of benzene rings is 1. The van der Waals surface area contributed by atoms with E-state index in [-0.39, 0.29) is 5.91 Å². The van der Waals surface area contributed by atoms with E-state index >= 15 is 0 Å². The molecule has 0 aliphatic heterocycles. The molecule has 0 spiro atoms. The highest BCUT2D eigenvalue weighted by atomic mass is 79.9. The first kappa shape index (κ1) is 16.4. The molecule has 5 nitrogen and oxygen atoms in total. The second kappa shape index (κ2) is 7.23. The third-order valence-corrected chi connectivity index (χ3v) is 4.13. The maximum absolute atomic E-state index is 11.8. The number of carbonyl (C=O) groups excluding carboxylic acids is 1. The number of halogens is 2. The highest BCUT2D eigenvalue weighted by Crippen LogP contribution is 2.23. The molecular weight excluding hydrogens is 356 g/mol. The van der Waals surface area contributed by atoms with E-state index in [1.54, 1.807) is 18.2 Å². The standard InChI is InChI=1S/C11H14BrClN2O3S/c1-19(17,18)15-6-2-5-14-11(16)8-3-4-10(13)9(12)7-8/h3-4,7,15H,2,5-6H2,1H3,(H,14,16). The van der Waals surface area contributed by atoms with Gasteiger partial charge in [-0.05, 0) is 40.5 Å². The second-order valence-electron chi connectivity index (χ2n) is 3.90. The molecule has 0 aromatic heterocycles. The van der Waals surface area contributed by atoms with Crippen LogP contribution in [-0.4, -0.2) is 33.7 Å². The molecule has 1 aromatic rings. The summed E-state index contributed by atoms with van der Waals surface area (Å²) in [5.74, 6) is -0.225. The maximum Gasteiger partial charge on any atom is 0.251 e. The Labute approximate surface area is 125 Å². The van der Waals surface area contributed by atoms with E-state index in [0.717, 1.165) is 6.26 Å². The second-order valence-corrected chi connectivity index (χ2v) is 7.00. The Morgan fingerprint density at radius 2 is 2.05 bits per heavy atom. The van der Waals surface area contributed by atoms with E-state index in [4.69, 9.17) is 11.6 Å². The zero-order valence-corrected chi connectivity index (χ0v) is 13.4. The van der Waals surface area contributed by atoms with Crippen molar-refractivity contribution in [3.05, 3.63) is 33.3 Å². The van der Waals surface area contributed by atoms with E-state index in [0.29, 0.717) is 34.6 Å². The van der Waals surface area contributed by atoms with Gasteiger partial charge >= 0.3 is 0 Å². The quantitative estimate of drug-likeness (QED) is 0.751. The summed E-state index contributed by atoms with van der Waals surface area (Å²) in [5, 5.41) is 3.23. The topological polar surface area (TPSA) is 75.3 Å². The van der Waals surface area contributed by atoms with Crippen molar-refractivity contribution >= 4 is 43.5 Å². The Bertz CT molecular complexity index is 563. The highest BCUT2D eigenvalue weighted by molar-refractivity contribution is 9.10. The van der Waals surface area contributed by atoms with Gasteiger partial charge in [0, 0.05) is 23.1 Å². The van der Waals surface area contributed by atoms with Gasteiger partial charge in [-0.15, -0.1) is 0 Å². The van der Waals surface area contributed by atoms with Crippen LogP contribution >= 0.6 is 27.5 Å². The van der Waals surface area contributed by atoms with Gasteiger partial charge < -0.3 is 5.32 Å². The lowest BCUT2D eigenvalue weighted by Crippen LogP contribution is -2.29. The first-order valence-electron chi connectivity index (χ1n) is 5.47. The number of hydrogen-bond donors (Lipinski definition) is 2. The van der Waals surface area contributed by atoms with Crippen molar-refractivity contribution in [2.45, 2.75) is 6.42 Å². The summed E-state index contributed by atoms with van der Waals surface area (Å²) in [6, 6.07) is 4.88. The predicted molar refractivity (Wildman–Crippen MR) is 78.9 cm³/mol. The van der Waals surface area contributed by atoms with Crippen LogP contribution in [-0.2, 0) is 10.0 Å². The van der Waals surface area contributed by atoms with Crippen molar-refractivity contribution in [3.63, 3.8) is 0 Å². The zero-order chi connectivity index (χ0) is 14.5. The van der Waals surface area contributed by atoms with Crippen LogP contribution in [0, 0.1) is 0 Å². The molecule has 0 unspecified atom stereocenters. The summed E-state index contributed by atoms with van der Waals surface area (Å²) >= 11 is 9.07. The third kappa shape index (κ3) is 6.38. The SMILES string of the molecule is CS(=O)(=O)NCCCNC(=O)c1ccc(Cl)c(Br)c1. The lowest BCUT2D eigenvalue weighted by atomic mass is 10.2. The van der Waals surface area contributed by atoms with Gasteiger partial charge in [0.15, 0.2) is 0 Å². The van der Waals surface area contributed by atoms with E-state index in [1.165, 1.54) is 0 Å². The number of sulfonamides is 1. The van der Waals surface area contributed by atoms with Gasteiger partial charge in [0.05, 0.1) is 11.3 Å². The first-order valence-corrected chi connectivity index (χ1v) is 8.54. The van der Waals surface area contributed by atoms with E-state index < -0.39 is 10.0 Å². The van der Waals surface area contributed by atoms with Crippen molar-refractivity contribution in [1.29, 1.82) is 0 Å². The van der Waals surface area contributed by atoms with Gasteiger partial charge in [-0.25, -0.2) is 13.1 Å². The van der Waals surface area contributed by atoms with Gasteiger partial charge in [0.25, 0.3) is 5.91 Å². The minimum absolute atomic E-state index is 0.225. The summed E-state index contributed by atoms with van der Waals surface area (Å²) < 4.78 is 24.6. The van der Waals surface area contributed by atoms with Crippen LogP contribution in [0.3, 0.4) is 0 Å². The fourth-order valence-corrected chi connectivity index (χ4v) is 2.30. The van der Waals surface area contributed by atoms with Crippen molar-refractivity contribution in [1.82, 2.24) is 10.0 Å². The van der Waals surface area contributed by atoms with Crippen LogP contribution in [0.15, 0.2) is 22.7 Å². The summed E-state index contributed by atoms with van der Waals surface area (Å²) in [7, 11) is -3.17. The molecule has 2 N–H and O–H groups in total. The molecule has 0 aliphatic rings. The molecule has 8 heteroatoms. The fourth-order valence-electron chi connectivity index (χ4n) is 1.29. The van der Waals surface area contributed by atoms with Crippen molar-refractivity contribution in [2.24, 2.45) is 0 Å². The Morgan fingerprint density at radius 1 is 1.37 bits per heavy atom. The van der Waals surface area contributed by atoms with Gasteiger partial charge in [-0.1, -0.05) is 11.6 Å². The van der Waals surface area contributed by atoms with Crippen molar-refractivity contribution in [2.75, 3.05) is 19.3 Å². The van der Waals surface area contributed by atoms with Crippen molar-refractivity contribution in [3.8, 4) is 0 Å². The molecular formula is C11H14BrClN2O3S. The minimum atomic E-state index is -3.17. The Hall–Kier alpha value is -0.630. The summed E-state index contributed by atoms with van der Waals surface area (Å²) in [4.78, 5) is 11.8. The molecule has 106 valence electrons. The largest absolute Gasteiger partial charge is 0.352 e. The molecule has 1 amide bonds. The Balaban J connectivity index is 2.37. The molecule has 19 heavy (non-hydrogen) atoms. The third-order valence-electron chi connectivity index (χ3n) is 2.19. The number of rotatable bonds is 6. The number of nitrogens with one attached hydrogen (secondary N) is 2. The molecule has 0 saturated carbocycles. The Kier molecular flexibility index (Phi) is 6.25. The summed E-state index contributed by atoms with van der Waals surface area (Å²) in [5.41, 5.74) is 0.493. The summed E-state index contributed by atoms with van der Waals surface area (Å²) in [6.07, 6.45) is 1.62. The van der Waals surface area contributed by atoms with Crippen LogP contribution < -0.4 is 10.0 Å². The van der Waals surface area contributed by atoms with Gasteiger partial charge in [-0.2, -0.15) is 0 Å². The van der Waals surface area contributed by atoms with Gasteiger partial charge in [0.2, 0.25) is 10.0 Å². The number of amides is 1. The molecule has 0 atom stereocenters. The fraction of sp³-hybridized carbons (Fsp3) is 0.364. The molecule has 1 rings (SSSR count). The van der Waals surface area contributed by atoms with Crippen molar-refractivity contribution < 1.29 is 13.2 Å². The average Bonchev–Trinajstić information content (AvgIpc) is 2.30. The van der Waals surface area contributed by atoms with Crippen LogP contribution in [0.5, 0.6) is 0 Å². The van der Waals surface area contributed by atoms with E-state index in [2.05, 4.69) is 26.0 Å². The molecule has 0 aliphatic carbocycles. The van der Waals surface area contributed by atoms with Crippen LogP contribution in [0.2, 0.25) is 5.02 Å². The lowest BCUT2D eigenvalue weighted by molar-refractivity contribution is 0.0953. The van der Waals surface area contributed by atoms with E-state index in [1.807, 2.05) is 0 Å². The zero-order valence-electron chi connectivity index (χ0n) is 10.2. The van der Waals surface area contributed by atoms with Crippen LogP contribution in [0.4, 0.5) is 0 Å². The molecule has 0 fully saturated rings. The molecule has 0 bridgehead atoms. The first-order chi connectivity index (χ1) is 8.79. The Morgan fingerprint density at radius 3 is 2.63 bits per heavy atom. The minimum Gasteiger partial charge on any atom is -0.352 e. The van der Waals surface area contributed by atoms with E-state index in [9.17, 15) is 13.2 Å². The number of carbonyl (C=O) groups is 1. The monoisotopic (exact) mass is 368 g/mol. The summed E-state index contributed by atoms with van der Waals surface area (Å²) in [6.45, 7) is 0.686. The van der Waals surface area contributed by atoms with Crippen LogP contribution in [0.25, 0.3) is 0 Å². The molecule has 0 heterocycles. The van der Waals surface area contributed by atoms with Gasteiger partial charge in [0.1, 0.15) is 0 Å².